The van der Waals surface area contributed by atoms with E-state index in [1.54, 1.807) is 4.90 Å². The Hall–Kier alpha value is -2.41. The number of piperidine rings is 1. The Morgan fingerprint density at radius 2 is 2.09 bits per heavy atom. The van der Waals surface area contributed by atoms with Crippen molar-refractivity contribution in [3.8, 4) is 0 Å². The second-order valence-corrected chi connectivity index (χ2v) is 5.68. The number of carbonyl (C=O) groups excluding carboxylic acids is 2. The molecule has 7 nitrogen and oxygen atoms in total. The molecule has 1 aliphatic heterocycles. The molecule has 2 N–H and O–H groups in total. The molecule has 0 saturated carbocycles. The molecule has 2 heterocycles. The van der Waals surface area contributed by atoms with Gasteiger partial charge in [-0.15, -0.1) is 0 Å². The first-order valence-electron chi connectivity index (χ1n) is 7.69. The first kappa shape index (κ1) is 15.5. The fraction of sp³-hybridized carbons (Fsp3) is 0.438. The third-order valence-electron chi connectivity index (χ3n) is 4.14. The maximum atomic E-state index is 12.4. The minimum Gasteiger partial charge on any atom is -0.375 e. The van der Waals surface area contributed by atoms with Gasteiger partial charge in [0.1, 0.15) is 6.61 Å². The fourth-order valence-corrected chi connectivity index (χ4v) is 2.88. The van der Waals surface area contributed by atoms with Crippen LogP contribution in [-0.2, 0) is 9.53 Å². The van der Waals surface area contributed by atoms with Gasteiger partial charge in [-0.05, 0) is 18.9 Å². The van der Waals surface area contributed by atoms with E-state index < -0.39 is 0 Å². The normalized spacial score (nSPS) is 15.8. The van der Waals surface area contributed by atoms with Crippen molar-refractivity contribution in [2.45, 2.75) is 18.9 Å². The Balaban J connectivity index is 1.58. The summed E-state index contributed by atoms with van der Waals surface area (Å²) < 4.78 is 4.87. The number of hydrogen-bond donors (Lipinski definition) is 2. The van der Waals surface area contributed by atoms with Crippen molar-refractivity contribution >= 4 is 22.7 Å². The molecule has 1 aromatic carbocycles. The van der Waals surface area contributed by atoms with Gasteiger partial charge in [0.25, 0.3) is 5.91 Å². The number of para-hydroxylation sites is 1. The van der Waals surface area contributed by atoms with Crippen molar-refractivity contribution in [3.63, 3.8) is 0 Å². The molecule has 2 amide bonds. The third kappa shape index (κ3) is 3.34. The maximum absolute atomic E-state index is 12.4. The Morgan fingerprint density at radius 1 is 1.35 bits per heavy atom. The number of nitrogens with one attached hydrogen (secondary N) is 2. The van der Waals surface area contributed by atoms with Crippen molar-refractivity contribution in [2.75, 3.05) is 26.8 Å². The molecular weight excluding hydrogens is 296 g/mol. The molecular formula is C16H20N4O3. The summed E-state index contributed by atoms with van der Waals surface area (Å²) in [5.41, 5.74) is 1.26. The highest BCUT2D eigenvalue weighted by Crippen LogP contribution is 2.16. The van der Waals surface area contributed by atoms with Crippen molar-refractivity contribution < 1.29 is 14.3 Å². The molecule has 0 spiro atoms. The molecule has 1 aromatic heterocycles. The van der Waals surface area contributed by atoms with E-state index in [0.29, 0.717) is 18.8 Å². The zero-order valence-corrected chi connectivity index (χ0v) is 13.0. The summed E-state index contributed by atoms with van der Waals surface area (Å²) in [6.07, 6.45) is 1.48. The summed E-state index contributed by atoms with van der Waals surface area (Å²) >= 11 is 0. The van der Waals surface area contributed by atoms with Crippen molar-refractivity contribution in [2.24, 2.45) is 0 Å². The van der Waals surface area contributed by atoms with Gasteiger partial charge in [-0.25, -0.2) is 0 Å². The standard InChI is InChI=1S/C16H20N4O3/c1-23-10-14(21)20-8-6-11(7-9-20)17-16(22)15-12-4-2-3-5-13(12)18-19-15/h2-5,11H,6-10H2,1H3,(H,17,22)(H,18,19). The largest absolute Gasteiger partial charge is 0.375 e. The van der Waals surface area contributed by atoms with Crippen LogP contribution in [0.25, 0.3) is 10.9 Å². The number of likely N-dealkylation sites (tertiary alicyclic amines) is 1. The van der Waals surface area contributed by atoms with Crippen molar-refractivity contribution in [1.29, 1.82) is 0 Å². The number of nitrogens with zero attached hydrogens (tertiary/aromatic N) is 2. The van der Waals surface area contributed by atoms with Crippen LogP contribution in [0, 0.1) is 0 Å². The molecule has 0 aliphatic carbocycles. The number of fused-ring (bicyclic) bond motifs is 1. The second kappa shape index (κ2) is 6.78. The van der Waals surface area contributed by atoms with E-state index in [-0.39, 0.29) is 24.5 Å². The summed E-state index contributed by atoms with van der Waals surface area (Å²) in [5.74, 6) is -0.181. The first-order valence-corrected chi connectivity index (χ1v) is 7.69. The Bertz CT molecular complexity index is 704. The predicted octanol–water partition coefficient (Wildman–Crippen LogP) is 0.930. The second-order valence-electron chi connectivity index (χ2n) is 5.68. The average Bonchev–Trinajstić information content (AvgIpc) is 3.00. The van der Waals surface area contributed by atoms with E-state index in [4.69, 9.17) is 4.74 Å². The van der Waals surface area contributed by atoms with Crippen LogP contribution in [0.2, 0.25) is 0 Å². The molecule has 0 atom stereocenters. The maximum Gasteiger partial charge on any atom is 0.272 e. The molecule has 122 valence electrons. The lowest BCUT2D eigenvalue weighted by atomic mass is 10.0. The van der Waals surface area contributed by atoms with Crippen molar-refractivity contribution in [3.05, 3.63) is 30.0 Å². The lowest BCUT2D eigenvalue weighted by Gasteiger charge is -2.32. The van der Waals surface area contributed by atoms with Crippen LogP contribution in [0.5, 0.6) is 0 Å². The highest BCUT2D eigenvalue weighted by atomic mass is 16.5. The van der Waals surface area contributed by atoms with Gasteiger partial charge >= 0.3 is 0 Å². The van der Waals surface area contributed by atoms with E-state index in [1.165, 1.54) is 7.11 Å². The first-order chi connectivity index (χ1) is 11.2. The van der Waals surface area contributed by atoms with E-state index in [1.807, 2.05) is 24.3 Å². The van der Waals surface area contributed by atoms with Gasteiger partial charge in [0.15, 0.2) is 5.69 Å². The molecule has 2 aromatic rings. The summed E-state index contributed by atoms with van der Waals surface area (Å²) in [4.78, 5) is 25.9. The van der Waals surface area contributed by atoms with Crippen LogP contribution in [0.15, 0.2) is 24.3 Å². The molecule has 7 heteroatoms. The molecule has 0 radical (unpaired) electrons. The van der Waals surface area contributed by atoms with Gasteiger partial charge in [0, 0.05) is 31.6 Å². The third-order valence-corrected chi connectivity index (χ3v) is 4.14. The number of amides is 2. The molecule has 23 heavy (non-hydrogen) atoms. The van der Waals surface area contributed by atoms with Gasteiger partial charge in [-0.1, -0.05) is 18.2 Å². The van der Waals surface area contributed by atoms with E-state index in [2.05, 4.69) is 15.5 Å². The Labute approximate surface area is 134 Å². The molecule has 1 saturated heterocycles. The average molecular weight is 316 g/mol. The zero-order chi connectivity index (χ0) is 16.2. The minimum atomic E-state index is -0.177. The van der Waals surface area contributed by atoms with Gasteiger partial charge in [0.2, 0.25) is 5.91 Å². The minimum absolute atomic E-state index is 0.00410. The molecule has 1 aliphatic rings. The molecule has 0 unspecified atom stereocenters. The van der Waals surface area contributed by atoms with Crippen LogP contribution < -0.4 is 5.32 Å². The number of aromatic nitrogens is 2. The van der Waals surface area contributed by atoms with Gasteiger partial charge in [-0.3, -0.25) is 14.7 Å². The van der Waals surface area contributed by atoms with E-state index in [0.717, 1.165) is 23.7 Å². The van der Waals surface area contributed by atoms with Gasteiger partial charge in [-0.2, -0.15) is 5.10 Å². The van der Waals surface area contributed by atoms with E-state index in [9.17, 15) is 9.59 Å². The van der Waals surface area contributed by atoms with Crippen LogP contribution in [-0.4, -0.2) is 59.8 Å². The molecule has 0 bridgehead atoms. The molecule has 3 rings (SSSR count). The van der Waals surface area contributed by atoms with Crippen LogP contribution in [0.3, 0.4) is 0 Å². The van der Waals surface area contributed by atoms with Crippen LogP contribution in [0.1, 0.15) is 23.3 Å². The SMILES string of the molecule is COCC(=O)N1CCC(NC(=O)c2n[nH]c3ccccc23)CC1. The lowest BCUT2D eigenvalue weighted by Crippen LogP contribution is -2.47. The Morgan fingerprint density at radius 3 is 2.83 bits per heavy atom. The number of methoxy groups -OCH3 is 1. The van der Waals surface area contributed by atoms with Crippen LogP contribution >= 0.6 is 0 Å². The summed E-state index contributed by atoms with van der Waals surface area (Å²) in [7, 11) is 1.51. The van der Waals surface area contributed by atoms with Crippen LogP contribution in [0.4, 0.5) is 0 Å². The number of rotatable bonds is 4. The quantitative estimate of drug-likeness (QED) is 0.878. The Kier molecular flexibility index (Phi) is 4.57. The number of carbonyl (C=O) groups is 2. The lowest BCUT2D eigenvalue weighted by molar-refractivity contribution is -0.136. The summed E-state index contributed by atoms with van der Waals surface area (Å²) in [6.45, 7) is 1.37. The number of aromatic amines is 1. The summed E-state index contributed by atoms with van der Waals surface area (Å²) in [5, 5.41) is 10.8. The van der Waals surface area contributed by atoms with E-state index >= 15 is 0 Å². The van der Waals surface area contributed by atoms with Crippen molar-refractivity contribution in [1.82, 2.24) is 20.4 Å². The number of benzene rings is 1. The van der Waals surface area contributed by atoms with Gasteiger partial charge in [0.05, 0.1) is 5.52 Å². The number of H-pyrrole nitrogens is 1. The number of hydrogen-bond acceptors (Lipinski definition) is 4. The zero-order valence-electron chi connectivity index (χ0n) is 13.0. The highest BCUT2D eigenvalue weighted by Gasteiger charge is 2.25. The molecule has 1 fully saturated rings. The topological polar surface area (TPSA) is 87.3 Å². The smallest absolute Gasteiger partial charge is 0.272 e. The number of ether oxygens (including phenoxy) is 1. The van der Waals surface area contributed by atoms with Gasteiger partial charge < -0.3 is 15.0 Å². The summed E-state index contributed by atoms with van der Waals surface area (Å²) in [6, 6.07) is 7.60. The fourth-order valence-electron chi connectivity index (χ4n) is 2.88. The highest BCUT2D eigenvalue weighted by molar-refractivity contribution is 6.04. The predicted molar refractivity (Wildman–Crippen MR) is 85.0 cm³/mol. The monoisotopic (exact) mass is 316 g/mol.